The van der Waals surface area contributed by atoms with Crippen LogP contribution in [0.15, 0.2) is 41.8 Å². The van der Waals surface area contributed by atoms with E-state index in [-0.39, 0.29) is 11.8 Å². The van der Waals surface area contributed by atoms with Gasteiger partial charge in [0, 0.05) is 25.2 Å². The van der Waals surface area contributed by atoms with Crippen LogP contribution < -0.4 is 16.4 Å². The molecule has 1 heterocycles. The van der Waals surface area contributed by atoms with Crippen molar-refractivity contribution < 1.29 is 9.59 Å². The predicted octanol–water partition coefficient (Wildman–Crippen LogP) is 1.76. The lowest BCUT2D eigenvalue weighted by Crippen LogP contribution is -2.29. The molecule has 1 aromatic heterocycles. The molecule has 0 spiro atoms. The third-order valence-corrected chi connectivity index (χ3v) is 3.99. The van der Waals surface area contributed by atoms with E-state index < -0.39 is 0 Å². The van der Waals surface area contributed by atoms with Crippen molar-refractivity contribution in [2.75, 3.05) is 13.1 Å². The maximum Gasteiger partial charge on any atom is 0.261 e. The van der Waals surface area contributed by atoms with Crippen molar-refractivity contribution in [2.24, 2.45) is 5.73 Å². The lowest BCUT2D eigenvalue weighted by Gasteiger charge is -2.07. The van der Waals surface area contributed by atoms with Crippen molar-refractivity contribution >= 4 is 23.2 Å². The van der Waals surface area contributed by atoms with Crippen molar-refractivity contribution in [1.29, 1.82) is 0 Å². The highest BCUT2D eigenvalue weighted by molar-refractivity contribution is 7.12. The van der Waals surface area contributed by atoms with Crippen LogP contribution in [0.3, 0.4) is 0 Å². The summed E-state index contributed by atoms with van der Waals surface area (Å²) >= 11 is 1.41. The van der Waals surface area contributed by atoms with Crippen LogP contribution in [0.1, 0.15) is 32.0 Å². The fourth-order valence-electron chi connectivity index (χ4n) is 1.88. The van der Waals surface area contributed by atoms with Gasteiger partial charge in [0.15, 0.2) is 0 Å². The molecule has 0 unspecified atom stereocenters. The summed E-state index contributed by atoms with van der Waals surface area (Å²) in [6.07, 6.45) is 0.684. The van der Waals surface area contributed by atoms with Gasteiger partial charge in [-0.2, -0.15) is 0 Å². The van der Waals surface area contributed by atoms with E-state index in [0.717, 1.165) is 5.56 Å². The van der Waals surface area contributed by atoms with E-state index in [1.165, 1.54) is 11.3 Å². The summed E-state index contributed by atoms with van der Waals surface area (Å²) in [4.78, 5) is 24.3. The summed E-state index contributed by atoms with van der Waals surface area (Å²) in [7, 11) is 0. The highest BCUT2D eigenvalue weighted by atomic mass is 32.1. The van der Waals surface area contributed by atoms with Crippen LogP contribution in [-0.4, -0.2) is 24.9 Å². The zero-order valence-electron chi connectivity index (χ0n) is 12.2. The van der Waals surface area contributed by atoms with Gasteiger partial charge in [0.1, 0.15) is 0 Å². The van der Waals surface area contributed by atoms with E-state index in [1.54, 1.807) is 18.2 Å². The van der Waals surface area contributed by atoms with Gasteiger partial charge in [0.25, 0.3) is 11.8 Å². The number of carbonyl (C=O) groups excluding carboxylic acids is 2. The number of amides is 2. The third kappa shape index (κ3) is 4.68. The van der Waals surface area contributed by atoms with Crippen molar-refractivity contribution in [1.82, 2.24) is 10.6 Å². The molecule has 0 saturated heterocycles. The number of hydrogen-bond donors (Lipinski definition) is 3. The molecule has 1 aromatic carbocycles. The van der Waals surface area contributed by atoms with Gasteiger partial charge in [0.05, 0.1) is 4.88 Å². The molecule has 4 N–H and O–H groups in total. The van der Waals surface area contributed by atoms with Gasteiger partial charge in [-0.15, -0.1) is 11.3 Å². The third-order valence-electron chi connectivity index (χ3n) is 3.12. The van der Waals surface area contributed by atoms with E-state index >= 15 is 0 Å². The predicted molar refractivity (Wildman–Crippen MR) is 87.9 cm³/mol. The van der Waals surface area contributed by atoms with Gasteiger partial charge in [-0.25, -0.2) is 0 Å². The van der Waals surface area contributed by atoms with Crippen LogP contribution >= 0.6 is 11.3 Å². The van der Waals surface area contributed by atoms with Crippen LogP contribution in [0.2, 0.25) is 0 Å². The lowest BCUT2D eigenvalue weighted by molar-refractivity contribution is 0.0953. The molecular formula is C16H19N3O2S. The van der Waals surface area contributed by atoms with Gasteiger partial charge in [-0.1, -0.05) is 18.2 Å². The Morgan fingerprint density at radius 1 is 1.00 bits per heavy atom. The van der Waals surface area contributed by atoms with Crippen LogP contribution in [0.25, 0.3) is 0 Å². The van der Waals surface area contributed by atoms with Crippen LogP contribution in [-0.2, 0) is 6.54 Å². The van der Waals surface area contributed by atoms with Crippen LogP contribution in [0.5, 0.6) is 0 Å². The molecule has 22 heavy (non-hydrogen) atoms. The molecule has 0 aliphatic heterocycles. The quantitative estimate of drug-likeness (QED) is 0.680. The Balaban J connectivity index is 1.65. The minimum absolute atomic E-state index is 0.0706. The Kier molecular flexibility index (Phi) is 6.12. The van der Waals surface area contributed by atoms with Gasteiger partial charge < -0.3 is 16.4 Å². The number of benzene rings is 1. The first-order valence-corrected chi connectivity index (χ1v) is 7.97. The molecule has 2 rings (SSSR count). The zero-order valence-corrected chi connectivity index (χ0v) is 13.0. The summed E-state index contributed by atoms with van der Waals surface area (Å²) in [6.45, 7) is 1.51. The second kappa shape index (κ2) is 8.31. The number of hydrogen-bond acceptors (Lipinski definition) is 4. The molecule has 116 valence electrons. The van der Waals surface area contributed by atoms with Crippen LogP contribution in [0.4, 0.5) is 0 Å². The summed E-state index contributed by atoms with van der Waals surface area (Å²) in [5.74, 6) is -0.188. The second-order valence-electron chi connectivity index (χ2n) is 4.74. The van der Waals surface area contributed by atoms with Crippen molar-refractivity contribution in [3.8, 4) is 0 Å². The Bertz CT molecular complexity index is 609. The van der Waals surface area contributed by atoms with E-state index in [0.29, 0.717) is 36.5 Å². The summed E-state index contributed by atoms with van der Waals surface area (Å²) in [6, 6.07) is 10.8. The average Bonchev–Trinajstić information content (AvgIpc) is 3.09. The summed E-state index contributed by atoms with van der Waals surface area (Å²) in [5.41, 5.74) is 7.12. The Morgan fingerprint density at radius 3 is 2.27 bits per heavy atom. The minimum Gasteiger partial charge on any atom is -0.352 e. The average molecular weight is 317 g/mol. The summed E-state index contributed by atoms with van der Waals surface area (Å²) in [5, 5.41) is 7.51. The van der Waals surface area contributed by atoms with Crippen LogP contribution in [0, 0.1) is 0 Å². The van der Waals surface area contributed by atoms with Gasteiger partial charge in [-0.05, 0) is 35.6 Å². The summed E-state index contributed by atoms with van der Waals surface area (Å²) < 4.78 is 0. The molecule has 2 amide bonds. The Morgan fingerprint density at radius 2 is 1.68 bits per heavy atom. The Hall–Kier alpha value is -2.18. The smallest absolute Gasteiger partial charge is 0.261 e. The Labute approximate surface area is 133 Å². The number of nitrogens with one attached hydrogen (secondary N) is 2. The van der Waals surface area contributed by atoms with E-state index in [1.807, 2.05) is 23.6 Å². The molecule has 0 bridgehead atoms. The first-order chi connectivity index (χ1) is 10.7. The van der Waals surface area contributed by atoms with Gasteiger partial charge in [0.2, 0.25) is 0 Å². The van der Waals surface area contributed by atoms with E-state index in [9.17, 15) is 9.59 Å². The topological polar surface area (TPSA) is 84.2 Å². The van der Waals surface area contributed by atoms with Crippen molar-refractivity contribution in [2.45, 2.75) is 13.0 Å². The molecule has 6 heteroatoms. The number of rotatable bonds is 7. The second-order valence-corrected chi connectivity index (χ2v) is 5.69. The molecule has 2 aromatic rings. The van der Waals surface area contributed by atoms with E-state index in [2.05, 4.69) is 10.6 Å². The molecule has 0 aliphatic rings. The molecule has 0 radical (unpaired) electrons. The highest BCUT2D eigenvalue weighted by Crippen LogP contribution is 2.07. The SMILES string of the molecule is NCc1ccc(C(=O)NCCCNC(=O)c2cccs2)cc1. The standard InChI is InChI=1S/C16H19N3O2S/c17-11-12-4-6-13(7-5-12)15(20)18-8-2-9-19-16(21)14-3-1-10-22-14/h1,3-7,10H,2,8-9,11,17H2,(H,18,20)(H,19,21). The maximum absolute atomic E-state index is 11.9. The fraction of sp³-hybridized carbons (Fsp3) is 0.250. The molecular weight excluding hydrogens is 298 g/mol. The molecule has 5 nitrogen and oxygen atoms in total. The first-order valence-electron chi connectivity index (χ1n) is 7.09. The fourth-order valence-corrected chi connectivity index (χ4v) is 2.52. The molecule has 0 atom stereocenters. The highest BCUT2D eigenvalue weighted by Gasteiger charge is 2.06. The molecule has 0 fully saturated rings. The number of nitrogens with two attached hydrogens (primary N) is 1. The minimum atomic E-state index is -0.117. The normalized spacial score (nSPS) is 10.2. The van der Waals surface area contributed by atoms with Crippen molar-refractivity contribution in [3.05, 3.63) is 57.8 Å². The number of carbonyl (C=O) groups is 2. The van der Waals surface area contributed by atoms with Crippen molar-refractivity contribution in [3.63, 3.8) is 0 Å². The molecule has 0 aliphatic carbocycles. The monoisotopic (exact) mass is 317 g/mol. The van der Waals surface area contributed by atoms with Gasteiger partial charge in [-0.3, -0.25) is 9.59 Å². The largest absolute Gasteiger partial charge is 0.352 e. The van der Waals surface area contributed by atoms with Gasteiger partial charge >= 0.3 is 0 Å². The maximum atomic E-state index is 11.9. The lowest BCUT2D eigenvalue weighted by atomic mass is 10.1. The van der Waals surface area contributed by atoms with E-state index in [4.69, 9.17) is 5.73 Å². The molecule has 0 saturated carbocycles. The number of thiophene rings is 1. The zero-order chi connectivity index (χ0) is 15.8. The first kappa shape index (κ1) is 16.2.